The molecule has 0 bridgehead atoms. The Morgan fingerprint density at radius 1 is 1.41 bits per heavy atom. The monoisotopic (exact) mass is 319 g/mol. The van der Waals surface area contributed by atoms with E-state index in [2.05, 4.69) is 20.8 Å². The van der Waals surface area contributed by atoms with Gasteiger partial charge in [0.15, 0.2) is 0 Å². The number of halogens is 3. The van der Waals surface area contributed by atoms with Gasteiger partial charge in [0.2, 0.25) is 0 Å². The molecule has 0 aliphatic carbocycles. The number of rotatable bonds is 3. The van der Waals surface area contributed by atoms with Gasteiger partial charge in [-0.1, -0.05) is 34.0 Å². The summed E-state index contributed by atoms with van der Waals surface area (Å²) in [6.45, 7) is 1.82. The molecule has 17 heavy (non-hydrogen) atoms. The zero-order valence-electron chi connectivity index (χ0n) is 9.63. The first kappa shape index (κ1) is 13.3. The van der Waals surface area contributed by atoms with Crippen LogP contribution in [0.15, 0.2) is 18.2 Å². The quantitative estimate of drug-likeness (QED) is 0.753. The molecule has 94 valence electrons. The highest BCUT2D eigenvalue weighted by Gasteiger charge is 2.22. The molecule has 1 heterocycles. The molecule has 1 aliphatic rings. The molecule has 2 rings (SSSR count). The van der Waals surface area contributed by atoms with Gasteiger partial charge >= 0.3 is 0 Å². The number of piperidine rings is 1. The van der Waals surface area contributed by atoms with Gasteiger partial charge in [0.05, 0.1) is 0 Å². The van der Waals surface area contributed by atoms with E-state index in [9.17, 15) is 4.39 Å². The van der Waals surface area contributed by atoms with Crippen molar-refractivity contribution in [3.8, 4) is 0 Å². The second-order valence-electron chi connectivity index (χ2n) is 4.51. The zero-order valence-corrected chi connectivity index (χ0v) is 12.0. The SMILES string of the molecule is Fc1ccc(Cl)c(CN2CCCCC2CBr)c1. The van der Waals surface area contributed by atoms with Crippen LogP contribution in [0.1, 0.15) is 24.8 Å². The summed E-state index contributed by atoms with van der Waals surface area (Å²) in [5.41, 5.74) is 0.888. The Labute approximate surface area is 115 Å². The highest BCUT2D eigenvalue weighted by molar-refractivity contribution is 9.09. The van der Waals surface area contributed by atoms with Crippen molar-refractivity contribution in [2.75, 3.05) is 11.9 Å². The van der Waals surface area contributed by atoms with Gasteiger partial charge in [-0.3, -0.25) is 4.90 Å². The van der Waals surface area contributed by atoms with E-state index >= 15 is 0 Å². The molecule has 1 saturated heterocycles. The van der Waals surface area contributed by atoms with Crippen LogP contribution in [0.2, 0.25) is 5.02 Å². The molecular weight excluding hydrogens is 305 g/mol. The van der Waals surface area contributed by atoms with Crippen LogP contribution in [0.3, 0.4) is 0 Å². The Balaban J connectivity index is 2.10. The van der Waals surface area contributed by atoms with E-state index in [-0.39, 0.29) is 5.82 Å². The molecule has 0 N–H and O–H groups in total. The summed E-state index contributed by atoms with van der Waals surface area (Å²) in [6, 6.07) is 5.13. The molecule has 1 aromatic carbocycles. The molecule has 1 unspecified atom stereocenters. The van der Waals surface area contributed by atoms with Crippen molar-refractivity contribution < 1.29 is 4.39 Å². The van der Waals surface area contributed by atoms with Crippen molar-refractivity contribution >= 4 is 27.5 Å². The summed E-state index contributed by atoms with van der Waals surface area (Å²) in [6.07, 6.45) is 3.71. The third-order valence-corrected chi connectivity index (χ3v) is 4.42. The van der Waals surface area contributed by atoms with Gasteiger partial charge in [0.25, 0.3) is 0 Å². The fourth-order valence-corrected chi connectivity index (χ4v) is 3.24. The lowest BCUT2D eigenvalue weighted by Crippen LogP contribution is -2.40. The van der Waals surface area contributed by atoms with Crippen LogP contribution >= 0.6 is 27.5 Å². The van der Waals surface area contributed by atoms with E-state index in [4.69, 9.17) is 11.6 Å². The van der Waals surface area contributed by atoms with Crippen molar-refractivity contribution in [1.82, 2.24) is 4.90 Å². The smallest absolute Gasteiger partial charge is 0.123 e. The van der Waals surface area contributed by atoms with Crippen LogP contribution in [0.5, 0.6) is 0 Å². The molecule has 0 saturated carbocycles. The lowest BCUT2D eigenvalue weighted by molar-refractivity contribution is 0.156. The first-order valence-corrected chi connectivity index (χ1v) is 7.44. The maximum Gasteiger partial charge on any atom is 0.123 e. The molecule has 0 radical (unpaired) electrons. The first-order valence-electron chi connectivity index (χ1n) is 5.94. The molecule has 1 atom stereocenters. The molecule has 0 aromatic heterocycles. The van der Waals surface area contributed by atoms with E-state index in [1.54, 1.807) is 12.1 Å². The van der Waals surface area contributed by atoms with E-state index < -0.39 is 0 Å². The molecule has 1 fully saturated rings. The molecule has 1 aromatic rings. The fraction of sp³-hybridized carbons (Fsp3) is 0.538. The van der Waals surface area contributed by atoms with Gasteiger partial charge < -0.3 is 0 Å². The van der Waals surface area contributed by atoms with E-state index in [1.807, 2.05) is 0 Å². The van der Waals surface area contributed by atoms with Crippen molar-refractivity contribution in [3.63, 3.8) is 0 Å². The highest BCUT2D eigenvalue weighted by Crippen LogP contribution is 2.24. The van der Waals surface area contributed by atoms with Gasteiger partial charge in [0, 0.05) is 22.9 Å². The molecule has 0 spiro atoms. The average Bonchev–Trinajstić information content (AvgIpc) is 2.34. The minimum Gasteiger partial charge on any atom is -0.295 e. The minimum atomic E-state index is -0.211. The third kappa shape index (κ3) is 3.43. The summed E-state index contributed by atoms with van der Waals surface area (Å²) in [4.78, 5) is 2.39. The highest BCUT2D eigenvalue weighted by atomic mass is 79.9. The Hall–Kier alpha value is -0.120. The predicted molar refractivity (Wildman–Crippen MR) is 73.3 cm³/mol. The predicted octanol–water partition coefficient (Wildman–Crippen LogP) is 4.23. The minimum absolute atomic E-state index is 0.211. The summed E-state index contributed by atoms with van der Waals surface area (Å²) in [5.74, 6) is -0.211. The lowest BCUT2D eigenvalue weighted by Gasteiger charge is -2.34. The molecule has 4 heteroatoms. The van der Waals surface area contributed by atoms with Crippen LogP contribution in [0, 0.1) is 5.82 Å². The number of nitrogens with zero attached hydrogens (tertiary/aromatic N) is 1. The van der Waals surface area contributed by atoms with Crippen LogP contribution < -0.4 is 0 Å². The van der Waals surface area contributed by atoms with Crippen LogP contribution in [-0.2, 0) is 6.54 Å². The van der Waals surface area contributed by atoms with Gasteiger partial charge in [-0.05, 0) is 43.1 Å². The number of hydrogen-bond donors (Lipinski definition) is 0. The summed E-state index contributed by atoms with van der Waals surface area (Å²) < 4.78 is 13.2. The van der Waals surface area contributed by atoms with E-state index in [0.717, 1.165) is 24.0 Å². The van der Waals surface area contributed by atoms with Crippen LogP contribution in [0.4, 0.5) is 4.39 Å². The normalized spacial score (nSPS) is 21.7. The summed E-state index contributed by atoms with van der Waals surface area (Å²) in [7, 11) is 0. The number of hydrogen-bond acceptors (Lipinski definition) is 1. The van der Waals surface area contributed by atoms with E-state index in [1.165, 1.54) is 25.3 Å². The summed E-state index contributed by atoms with van der Waals surface area (Å²) in [5, 5.41) is 1.63. The largest absolute Gasteiger partial charge is 0.295 e. The van der Waals surface area contributed by atoms with Crippen molar-refractivity contribution in [2.45, 2.75) is 31.8 Å². The number of likely N-dealkylation sites (tertiary alicyclic amines) is 1. The number of benzene rings is 1. The Morgan fingerprint density at radius 3 is 3.00 bits per heavy atom. The Kier molecular flexibility index (Phi) is 4.83. The van der Waals surface area contributed by atoms with Crippen molar-refractivity contribution in [3.05, 3.63) is 34.6 Å². The lowest BCUT2D eigenvalue weighted by atomic mass is 10.0. The van der Waals surface area contributed by atoms with Gasteiger partial charge in [-0.25, -0.2) is 4.39 Å². The van der Waals surface area contributed by atoms with Crippen molar-refractivity contribution in [2.24, 2.45) is 0 Å². The van der Waals surface area contributed by atoms with Crippen LogP contribution in [-0.4, -0.2) is 22.8 Å². The van der Waals surface area contributed by atoms with Crippen LogP contribution in [0.25, 0.3) is 0 Å². The Morgan fingerprint density at radius 2 is 2.24 bits per heavy atom. The average molecular weight is 321 g/mol. The second-order valence-corrected chi connectivity index (χ2v) is 5.56. The van der Waals surface area contributed by atoms with Gasteiger partial charge in [-0.15, -0.1) is 0 Å². The Bertz CT molecular complexity index is 386. The maximum absolute atomic E-state index is 13.2. The molecule has 1 aliphatic heterocycles. The number of alkyl halides is 1. The van der Waals surface area contributed by atoms with Gasteiger partial charge in [0.1, 0.15) is 5.82 Å². The summed E-state index contributed by atoms with van der Waals surface area (Å²) >= 11 is 9.65. The maximum atomic E-state index is 13.2. The van der Waals surface area contributed by atoms with E-state index in [0.29, 0.717) is 11.1 Å². The molecule has 0 amide bonds. The topological polar surface area (TPSA) is 3.24 Å². The second kappa shape index (κ2) is 6.17. The molecule has 1 nitrogen and oxygen atoms in total. The fourth-order valence-electron chi connectivity index (χ4n) is 2.33. The van der Waals surface area contributed by atoms with Crippen molar-refractivity contribution in [1.29, 1.82) is 0 Å². The third-order valence-electron chi connectivity index (χ3n) is 3.31. The molecular formula is C13H16BrClFN. The standard InChI is InChI=1S/C13H16BrClFN/c14-8-12-3-1-2-6-17(12)9-10-7-11(16)4-5-13(10)15/h4-5,7,12H,1-3,6,8-9H2. The zero-order chi connectivity index (χ0) is 12.3. The first-order chi connectivity index (χ1) is 8.20. The van der Waals surface area contributed by atoms with Gasteiger partial charge in [-0.2, -0.15) is 0 Å².